The Kier molecular flexibility index (Phi) is 16.2. The van der Waals surface area contributed by atoms with Gasteiger partial charge in [0.2, 0.25) is 0 Å². The number of nitrogen functional groups attached to an aromatic ring is 1. The molecule has 0 amide bonds. The Morgan fingerprint density at radius 3 is 1.08 bits per heavy atom. The van der Waals surface area contributed by atoms with Crippen LogP contribution >= 0.6 is 15.9 Å². The molecule has 0 aromatic heterocycles. The monoisotopic (exact) mass is 1180 g/mol. The first-order valence-corrected chi connectivity index (χ1v) is 29.8. The van der Waals surface area contributed by atoms with E-state index in [1.165, 1.54) is 111 Å². The van der Waals surface area contributed by atoms with Gasteiger partial charge in [-0.3, -0.25) is 0 Å². The molecule has 420 valence electrons. The van der Waals surface area contributed by atoms with Crippen molar-refractivity contribution in [1.29, 1.82) is 0 Å². The number of fused-ring (bicyclic) bond motifs is 8. The zero-order chi connectivity index (χ0) is 57.2. The molecule has 87 heavy (non-hydrogen) atoms. The van der Waals surface area contributed by atoms with Crippen molar-refractivity contribution in [2.75, 3.05) is 11.1 Å². The molecule has 2 nitrogen and oxygen atoms in total. The summed E-state index contributed by atoms with van der Waals surface area (Å²) in [6.07, 6.45) is 0. The molecule has 0 fully saturated rings. The summed E-state index contributed by atoms with van der Waals surface area (Å²) >= 11 is 3.81. The number of nitrogens with two attached hydrogens (primary N) is 1. The molecule has 0 radical (unpaired) electrons. The summed E-state index contributed by atoms with van der Waals surface area (Å²) in [5.74, 6) is 0. The van der Waals surface area contributed by atoms with Crippen LogP contribution in [-0.2, 0) is 10.8 Å². The summed E-state index contributed by atoms with van der Waals surface area (Å²) in [5.41, 5.74) is 28.6. The Morgan fingerprint density at radius 1 is 0.276 bits per heavy atom. The Bertz CT molecular complexity index is 4580. The third-order valence-corrected chi connectivity index (χ3v) is 17.9. The molecule has 0 aliphatic heterocycles. The van der Waals surface area contributed by atoms with Crippen molar-refractivity contribution in [1.82, 2.24) is 0 Å². The van der Waals surface area contributed by atoms with Gasteiger partial charge >= 0.3 is 0 Å². The van der Waals surface area contributed by atoms with E-state index in [0.717, 1.165) is 21.5 Å². The first-order valence-electron chi connectivity index (χ1n) is 29.0. The van der Waals surface area contributed by atoms with Crippen LogP contribution in [0.25, 0.3) is 66.1 Å². The number of hydrogen-bond acceptors (Lipinski definition) is 2. The highest BCUT2D eigenvalue weighted by atomic mass is 79.9. The second-order valence-corrected chi connectivity index (χ2v) is 22.7. The molecule has 16 rings (SSSR count). The fourth-order valence-corrected chi connectivity index (χ4v) is 14.1. The average molecular weight is 1180 g/mol. The van der Waals surface area contributed by atoms with Crippen molar-refractivity contribution in [3.05, 3.63) is 389 Å². The first-order chi connectivity index (χ1) is 42.0. The maximum Gasteiger partial charge on any atom is 0.0714 e. The summed E-state index contributed by atoms with van der Waals surface area (Å²) in [5, 5.41) is 8.88. The van der Waals surface area contributed by atoms with Crippen molar-refractivity contribution >= 4 is 54.5 Å². The van der Waals surface area contributed by atoms with Crippen LogP contribution in [0.15, 0.2) is 344 Å². The van der Waals surface area contributed by atoms with Crippen LogP contribution in [0.4, 0.5) is 17.1 Å². The van der Waals surface area contributed by atoms with Crippen molar-refractivity contribution in [2.24, 2.45) is 0 Å². The molecule has 3 N–H and O–H groups in total. The predicted octanol–water partition coefficient (Wildman–Crippen LogP) is 22.8. The molecule has 0 unspecified atom stereocenters. The normalized spacial score (nSPS) is 12.5. The van der Waals surface area contributed by atoms with Gasteiger partial charge in [-0.1, -0.05) is 334 Å². The van der Waals surface area contributed by atoms with Crippen LogP contribution in [-0.4, -0.2) is 0 Å². The third-order valence-electron chi connectivity index (χ3n) is 17.2. The maximum absolute atomic E-state index is 5.72. The van der Waals surface area contributed by atoms with E-state index in [1.807, 2.05) is 12.1 Å². The SMILES string of the molecule is Brc1cccc2c1-c1ccccc1C2(c1ccccc1)c1ccccc1.C.C.Nc1ccc(-c2cccc3ccccc23)cc1.c1ccc(C2(c3ccccc3)c3ccccc3-c3c(Nc4ccc(-c5cccc6ccccc56)cc4)cccc32)cc1. The summed E-state index contributed by atoms with van der Waals surface area (Å²) in [4.78, 5) is 0. The minimum Gasteiger partial charge on any atom is -0.399 e. The lowest BCUT2D eigenvalue weighted by molar-refractivity contribution is 0.768. The Morgan fingerprint density at radius 2 is 0.609 bits per heavy atom. The fraction of sp³-hybridized carbons (Fsp3) is 0.0476. The zero-order valence-corrected chi connectivity index (χ0v) is 48.4. The largest absolute Gasteiger partial charge is 0.399 e. The van der Waals surface area contributed by atoms with Gasteiger partial charge in [0.15, 0.2) is 0 Å². The summed E-state index contributed by atoms with van der Waals surface area (Å²) < 4.78 is 1.15. The second kappa shape index (κ2) is 24.7. The van der Waals surface area contributed by atoms with Crippen LogP contribution in [0.1, 0.15) is 59.4 Å². The van der Waals surface area contributed by atoms with Crippen LogP contribution in [0.5, 0.6) is 0 Å². The number of anilines is 3. The van der Waals surface area contributed by atoms with Crippen LogP contribution in [0, 0.1) is 0 Å². The van der Waals surface area contributed by atoms with Gasteiger partial charge in [0.05, 0.1) is 10.8 Å². The van der Waals surface area contributed by atoms with E-state index in [-0.39, 0.29) is 20.3 Å². The van der Waals surface area contributed by atoms with E-state index < -0.39 is 5.41 Å². The van der Waals surface area contributed by atoms with E-state index in [0.29, 0.717) is 0 Å². The second-order valence-electron chi connectivity index (χ2n) is 21.8. The van der Waals surface area contributed by atoms with Crippen LogP contribution in [0.3, 0.4) is 0 Å². The van der Waals surface area contributed by atoms with Gasteiger partial charge in [0, 0.05) is 32.7 Å². The van der Waals surface area contributed by atoms with Gasteiger partial charge in [0.1, 0.15) is 0 Å². The average Bonchev–Trinajstić information content (AvgIpc) is 1.57. The molecule has 0 spiro atoms. The summed E-state index contributed by atoms with van der Waals surface area (Å²) in [7, 11) is 0. The lowest BCUT2D eigenvalue weighted by Gasteiger charge is -2.33. The van der Waals surface area contributed by atoms with Crippen molar-refractivity contribution in [3.8, 4) is 44.5 Å². The summed E-state index contributed by atoms with van der Waals surface area (Å²) in [6, 6.07) is 121. The fourth-order valence-electron chi connectivity index (χ4n) is 13.6. The standard InChI is InChI=1S/C41H29N.C25H17Br.C16H13N.2CH4/c1-3-15-31(16-4-1)41(32-17-5-2-6-18-32)37-22-10-9-20-36(37)40-38(41)23-12-24-39(40)42-33-27-25-30(26-28-33)35-21-11-14-29-13-7-8-19-34(29)35;26-23-17-9-16-22-24(23)20-14-7-8-15-21(20)25(22,18-10-3-1-4-11-18)19-12-5-2-6-13-19;17-14-10-8-13(9-11-14)16-7-3-5-12-4-1-2-6-15(12)16;;/h1-28,42H;1-17H;1-11H,17H2;2*1H4. The van der Waals surface area contributed by atoms with Gasteiger partial charge in [-0.05, 0) is 136 Å². The topological polar surface area (TPSA) is 38.0 Å². The molecule has 0 saturated carbocycles. The van der Waals surface area contributed by atoms with Gasteiger partial charge in [0.25, 0.3) is 0 Å². The number of halogens is 1. The predicted molar refractivity (Wildman–Crippen MR) is 375 cm³/mol. The molecule has 2 aliphatic carbocycles. The van der Waals surface area contributed by atoms with E-state index >= 15 is 0 Å². The van der Waals surface area contributed by atoms with E-state index in [1.54, 1.807) is 0 Å². The maximum atomic E-state index is 5.72. The molecule has 14 aromatic carbocycles. The molecule has 14 aromatic rings. The number of rotatable bonds is 8. The first kappa shape index (κ1) is 57.1. The van der Waals surface area contributed by atoms with E-state index in [2.05, 4.69) is 349 Å². The lowest BCUT2D eigenvalue weighted by Crippen LogP contribution is -2.28. The Balaban J connectivity index is 0.000000140. The van der Waals surface area contributed by atoms with Crippen molar-refractivity contribution in [3.63, 3.8) is 0 Å². The summed E-state index contributed by atoms with van der Waals surface area (Å²) in [6.45, 7) is 0. The number of hydrogen-bond donors (Lipinski definition) is 2. The highest BCUT2D eigenvalue weighted by molar-refractivity contribution is 9.10. The molecule has 0 bridgehead atoms. The smallest absolute Gasteiger partial charge is 0.0714 e. The quantitative estimate of drug-likeness (QED) is 0.149. The van der Waals surface area contributed by atoms with Crippen molar-refractivity contribution < 1.29 is 0 Å². The highest BCUT2D eigenvalue weighted by Gasteiger charge is 2.48. The molecular weight excluding hydrogens is 1120 g/mol. The zero-order valence-electron chi connectivity index (χ0n) is 46.8. The number of benzene rings is 14. The van der Waals surface area contributed by atoms with Crippen LogP contribution in [0.2, 0.25) is 0 Å². The van der Waals surface area contributed by atoms with Crippen molar-refractivity contribution in [2.45, 2.75) is 25.7 Å². The molecule has 3 heteroatoms. The molecule has 2 aliphatic rings. The van der Waals surface area contributed by atoms with Gasteiger partial charge in [-0.25, -0.2) is 0 Å². The van der Waals surface area contributed by atoms with E-state index in [9.17, 15) is 0 Å². The number of nitrogens with one attached hydrogen (secondary N) is 1. The third kappa shape index (κ3) is 10.1. The van der Waals surface area contributed by atoms with E-state index in [4.69, 9.17) is 5.73 Å². The molecule has 0 saturated heterocycles. The van der Waals surface area contributed by atoms with Gasteiger partial charge < -0.3 is 11.1 Å². The van der Waals surface area contributed by atoms with Crippen LogP contribution < -0.4 is 11.1 Å². The minimum atomic E-state index is -0.398. The van der Waals surface area contributed by atoms with Gasteiger partial charge in [-0.15, -0.1) is 0 Å². The minimum absolute atomic E-state index is 0. The molecular formula is C84H67BrN2. The van der Waals surface area contributed by atoms with Gasteiger partial charge in [-0.2, -0.15) is 0 Å². The lowest BCUT2D eigenvalue weighted by atomic mass is 9.68. The Labute approximate surface area is 521 Å². The highest BCUT2D eigenvalue weighted by Crippen LogP contribution is 2.59. The molecule has 0 atom stereocenters. The Hall–Kier alpha value is -10.3. The molecule has 0 heterocycles.